The first kappa shape index (κ1) is 18.7. The van der Waals surface area contributed by atoms with E-state index in [9.17, 15) is 4.79 Å². The fourth-order valence-electron chi connectivity index (χ4n) is 2.39. The zero-order valence-electron chi connectivity index (χ0n) is 14.3. The average molecular weight is 394 g/mol. The summed E-state index contributed by atoms with van der Waals surface area (Å²) in [6.07, 6.45) is 1.05. The Balaban J connectivity index is 2.26. The molecule has 3 N–H and O–H groups in total. The van der Waals surface area contributed by atoms with Crippen molar-refractivity contribution in [1.82, 2.24) is 10.3 Å². The monoisotopic (exact) mass is 393 g/mol. The molecule has 6 heteroatoms. The second-order valence-corrected chi connectivity index (χ2v) is 7.53. The molecule has 0 radical (unpaired) electrons. The molecule has 1 aromatic heterocycles. The van der Waals surface area contributed by atoms with Gasteiger partial charge in [0.15, 0.2) is 0 Å². The molecule has 130 valence electrons. The van der Waals surface area contributed by atoms with Gasteiger partial charge in [-0.1, -0.05) is 18.2 Å². The Morgan fingerprint density at radius 1 is 1.33 bits per heavy atom. The van der Waals surface area contributed by atoms with Crippen LogP contribution in [-0.4, -0.2) is 23.2 Å². The van der Waals surface area contributed by atoms with E-state index in [0.29, 0.717) is 13.0 Å². The zero-order chi connectivity index (χ0) is 17.7. The maximum Gasteiger partial charge on any atom is 0.408 e. The largest absolute Gasteiger partial charge is 0.444 e. The Morgan fingerprint density at radius 3 is 2.75 bits per heavy atom. The van der Waals surface area contributed by atoms with Crippen molar-refractivity contribution in [2.75, 3.05) is 6.54 Å². The third-order valence-corrected chi connectivity index (χ3v) is 4.08. The summed E-state index contributed by atoms with van der Waals surface area (Å²) in [6, 6.07) is 9.64. The van der Waals surface area contributed by atoms with Crippen molar-refractivity contribution >= 4 is 32.9 Å². The molecule has 2 rings (SSSR count). The van der Waals surface area contributed by atoms with E-state index in [-0.39, 0.29) is 6.04 Å². The number of ether oxygens (including phenoxy) is 1. The van der Waals surface area contributed by atoms with Crippen LogP contribution in [0.5, 0.6) is 0 Å². The highest BCUT2D eigenvalue weighted by molar-refractivity contribution is 9.10. The highest BCUT2D eigenvalue weighted by atomic mass is 79.9. The van der Waals surface area contributed by atoms with Crippen LogP contribution in [0.4, 0.5) is 4.79 Å². The number of carbonyl (C=O) groups is 1. The molecule has 0 aliphatic carbocycles. The van der Waals surface area contributed by atoms with Crippen molar-refractivity contribution in [2.45, 2.75) is 45.3 Å². The highest BCUT2D eigenvalue weighted by Crippen LogP contribution is 2.25. The van der Waals surface area contributed by atoms with Crippen LogP contribution in [0.2, 0.25) is 0 Å². The molecular weight excluding hydrogens is 370 g/mol. The lowest BCUT2D eigenvalue weighted by atomic mass is 10.1. The lowest BCUT2D eigenvalue weighted by molar-refractivity contribution is 0.0499. The van der Waals surface area contributed by atoms with Crippen LogP contribution in [0.1, 0.15) is 45.3 Å². The van der Waals surface area contributed by atoms with E-state index in [1.807, 2.05) is 51.1 Å². The number of nitrogens with one attached hydrogen (secondary N) is 1. The van der Waals surface area contributed by atoms with Crippen molar-refractivity contribution in [3.63, 3.8) is 0 Å². The molecule has 1 atom stereocenters. The van der Waals surface area contributed by atoms with Gasteiger partial charge in [-0.2, -0.15) is 0 Å². The predicted octanol–water partition coefficient (Wildman–Crippen LogP) is 4.30. The molecule has 24 heavy (non-hydrogen) atoms. The number of halogens is 1. The molecule has 1 unspecified atom stereocenters. The topological polar surface area (TPSA) is 77.2 Å². The Kier molecular flexibility index (Phi) is 6.18. The second-order valence-electron chi connectivity index (χ2n) is 6.68. The summed E-state index contributed by atoms with van der Waals surface area (Å²) < 4.78 is 6.29. The minimum atomic E-state index is -0.539. The standard InChI is InChI=1S/C18H24BrN3O2/c1-18(2,3)24-17(23)22-14(8-5-11-20)15-10-9-12-6-4-7-13(19)16(12)21-15/h4,6-7,9-10,14H,5,8,11,20H2,1-3H3,(H,22,23). The first-order valence-corrected chi connectivity index (χ1v) is 8.84. The molecule has 0 spiro atoms. The number of carbonyl (C=O) groups excluding carboxylic acids is 1. The summed E-state index contributed by atoms with van der Waals surface area (Å²) in [4.78, 5) is 16.9. The summed E-state index contributed by atoms with van der Waals surface area (Å²) in [5.41, 5.74) is 6.76. The minimum Gasteiger partial charge on any atom is -0.444 e. The molecule has 2 aromatic rings. The van der Waals surface area contributed by atoms with Crippen LogP contribution < -0.4 is 11.1 Å². The molecule has 0 aliphatic heterocycles. The van der Waals surface area contributed by atoms with Gasteiger partial charge in [0.1, 0.15) is 5.60 Å². The Bertz CT molecular complexity index is 713. The fraction of sp³-hybridized carbons (Fsp3) is 0.444. The van der Waals surface area contributed by atoms with Gasteiger partial charge in [0.25, 0.3) is 0 Å². The van der Waals surface area contributed by atoms with Crippen LogP contribution in [-0.2, 0) is 4.74 Å². The van der Waals surface area contributed by atoms with Crippen molar-refractivity contribution in [3.8, 4) is 0 Å². The zero-order valence-corrected chi connectivity index (χ0v) is 15.9. The number of rotatable bonds is 5. The number of nitrogens with zero attached hydrogens (tertiary/aromatic N) is 1. The summed E-state index contributed by atoms with van der Waals surface area (Å²) in [7, 11) is 0. The number of aromatic nitrogens is 1. The number of hydrogen-bond acceptors (Lipinski definition) is 4. The summed E-state index contributed by atoms with van der Waals surface area (Å²) >= 11 is 3.53. The smallest absolute Gasteiger partial charge is 0.408 e. The predicted molar refractivity (Wildman–Crippen MR) is 99.8 cm³/mol. The lowest BCUT2D eigenvalue weighted by Gasteiger charge is -2.23. The third-order valence-electron chi connectivity index (χ3n) is 3.44. The van der Waals surface area contributed by atoms with E-state index in [2.05, 4.69) is 21.2 Å². The molecule has 5 nitrogen and oxygen atoms in total. The maximum absolute atomic E-state index is 12.1. The van der Waals surface area contributed by atoms with Gasteiger partial charge in [-0.25, -0.2) is 9.78 Å². The van der Waals surface area contributed by atoms with E-state index in [0.717, 1.165) is 27.5 Å². The third kappa shape index (κ3) is 5.18. The molecular formula is C18H24BrN3O2. The van der Waals surface area contributed by atoms with Crippen molar-refractivity contribution in [2.24, 2.45) is 5.73 Å². The van der Waals surface area contributed by atoms with E-state index in [1.54, 1.807) is 0 Å². The molecule has 1 heterocycles. The van der Waals surface area contributed by atoms with E-state index >= 15 is 0 Å². The Morgan fingerprint density at radius 2 is 2.08 bits per heavy atom. The number of alkyl carbamates (subject to hydrolysis) is 1. The van der Waals surface area contributed by atoms with Gasteiger partial charge in [0.2, 0.25) is 0 Å². The lowest BCUT2D eigenvalue weighted by Crippen LogP contribution is -2.35. The molecule has 1 amide bonds. The van der Waals surface area contributed by atoms with E-state index in [4.69, 9.17) is 15.5 Å². The number of fused-ring (bicyclic) bond motifs is 1. The number of pyridine rings is 1. The number of hydrogen-bond donors (Lipinski definition) is 2. The maximum atomic E-state index is 12.1. The number of nitrogens with two attached hydrogens (primary N) is 1. The van der Waals surface area contributed by atoms with Gasteiger partial charge in [-0.05, 0) is 68.2 Å². The minimum absolute atomic E-state index is 0.236. The van der Waals surface area contributed by atoms with Gasteiger partial charge in [0.05, 0.1) is 17.3 Å². The van der Waals surface area contributed by atoms with Gasteiger partial charge < -0.3 is 15.8 Å². The van der Waals surface area contributed by atoms with Gasteiger partial charge in [0, 0.05) is 9.86 Å². The van der Waals surface area contributed by atoms with Gasteiger partial charge in [-0.15, -0.1) is 0 Å². The average Bonchev–Trinajstić information content (AvgIpc) is 2.50. The van der Waals surface area contributed by atoms with Crippen LogP contribution in [0, 0.1) is 0 Å². The van der Waals surface area contributed by atoms with Crippen molar-refractivity contribution in [3.05, 3.63) is 40.5 Å². The SMILES string of the molecule is CC(C)(C)OC(=O)NC(CCCN)c1ccc2cccc(Br)c2n1. The van der Waals surface area contributed by atoms with Gasteiger partial charge >= 0.3 is 6.09 Å². The summed E-state index contributed by atoms with van der Waals surface area (Å²) in [5, 5.41) is 3.96. The fourth-order valence-corrected chi connectivity index (χ4v) is 2.86. The second kappa shape index (κ2) is 7.94. The molecule has 0 aliphatic rings. The summed E-state index contributed by atoms with van der Waals surface area (Å²) in [6.45, 7) is 6.08. The summed E-state index contributed by atoms with van der Waals surface area (Å²) in [5.74, 6) is 0. The van der Waals surface area contributed by atoms with Gasteiger partial charge in [-0.3, -0.25) is 0 Å². The Hall–Kier alpha value is -1.66. The van der Waals surface area contributed by atoms with Crippen LogP contribution in [0.15, 0.2) is 34.8 Å². The first-order chi connectivity index (χ1) is 11.3. The molecule has 0 fully saturated rings. The first-order valence-electron chi connectivity index (χ1n) is 8.05. The van der Waals surface area contributed by atoms with Crippen LogP contribution >= 0.6 is 15.9 Å². The van der Waals surface area contributed by atoms with Crippen LogP contribution in [0.25, 0.3) is 10.9 Å². The van der Waals surface area contributed by atoms with Crippen LogP contribution in [0.3, 0.4) is 0 Å². The van der Waals surface area contributed by atoms with E-state index in [1.165, 1.54) is 0 Å². The van der Waals surface area contributed by atoms with E-state index < -0.39 is 11.7 Å². The molecule has 0 bridgehead atoms. The number of amides is 1. The Labute approximate surface area is 151 Å². The highest BCUT2D eigenvalue weighted by Gasteiger charge is 2.21. The normalized spacial score (nSPS) is 12.9. The van der Waals surface area contributed by atoms with Crippen molar-refractivity contribution in [1.29, 1.82) is 0 Å². The number of benzene rings is 1. The quantitative estimate of drug-likeness (QED) is 0.793. The molecule has 0 saturated carbocycles. The number of para-hydroxylation sites is 1. The van der Waals surface area contributed by atoms with Crippen molar-refractivity contribution < 1.29 is 9.53 Å². The molecule has 1 aromatic carbocycles. The molecule has 0 saturated heterocycles.